The predicted octanol–water partition coefficient (Wildman–Crippen LogP) is 3.51. The Morgan fingerprint density at radius 1 is 0.800 bits per heavy atom. The fraction of sp³-hybridized carbons (Fsp3) is 0.176. The fourth-order valence-corrected chi connectivity index (χ4v) is 2.88. The van der Waals surface area contributed by atoms with Crippen LogP contribution in [0.5, 0.6) is 0 Å². The topological polar surface area (TPSA) is 39.1 Å². The maximum Gasteiger partial charge on any atom is 0.160 e. The van der Waals surface area contributed by atoms with Crippen molar-refractivity contribution in [3.8, 4) is 0 Å². The molecule has 0 atom stereocenters. The zero-order chi connectivity index (χ0) is 14.3. The number of ketones is 2. The second-order valence-electron chi connectivity index (χ2n) is 5.03. The number of carbonyl (C=O) groups excluding carboxylic acids is 2. The molecule has 0 spiro atoms. The lowest BCUT2D eigenvalue weighted by Crippen LogP contribution is -2.23. The first-order valence-electron chi connectivity index (χ1n) is 6.60. The quantitative estimate of drug-likeness (QED) is 0.680. The van der Waals surface area contributed by atoms with E-state index in [2.05, 4.69) is 0 Å². The molecule has 0 saturated heterocycles. The van der Waals surface area contributed by atoms with E-state index in [-0.39, 0.29) is 11.6 Å². The number of para-hydroxylation sites is 2. The number of carbonyl (C=O) groups is 2. The lowest BCUT2D eigenvalue weighted by molar-refractivity contribution is -0.129. The van der Waals surface area contributed by atoms with E-state index in [0.29, 0.717) is 0 Å². The molecule has 0 N–H and O–H groups in total. The molecule has 0 unspecified atom stereocenters. The van der Waals surface area contributed by atoms with Gasteiger partial charge < -0.3 is 4.57 Å². The molecule has 0 radical (unpaired) electrons. The zero-order valence-electron chi connectivity index (χ0n) is 11.5. The van der Waals surface area contributed by atoms with E-state index >= 15 is 0 Å². The smallest absolute Gasteiger partial charge is 0.160 e. The van der Waals surface area contributed by atoms with Crippen LogP contribution < -0.4 is 0 Å². The minimum atomic E-state index is -0.750. The highest BCUT2D eigenvalue weighted by atomic mass is 16.2. The molecule has 3 nitrogen and oxygen atoms in total. The highest BCUT2D eigenvalue weighted by Crippen LogP contribution is 2.32. The van der Waals surface area contributed by atoms with E-state index in [1.54, 1.807) is 0 Å². The van der Waals surface area contributed by atoms with Crippen molar-refractivity contribution in [2.24, 2.45) is 0 Å². The number of hydrogen-bond donors (Lipinski definition) is 0. The predicted molar refractivity (Wildman–Crippen MR) is 79.8 cm³/mol. The van der Waals surface area contributed by atoms with Crippen LogP contribution in [0.2, 0.25) is 0 Å². The summed E-state index contributed by atoms with van der Waals surface area (Å²) in [5.74, 6) is -0.270. The molecule has 0 fully saturated rings. The van der Waals surface area contributed by atoms with Crippen LogP contribution in [0, 0.1) is 0 Å². The molecule has 0 saturated carbocycles. The van der Waals surface area contributed by atoms with Crippen molar-refractivity contribution in [3.05, 3.63) is 48.5 Å². The van der Waals surface area contributed by atoms with Gasteiger partial charge >= 0.3 is 0 Å². The number of hydrogen-bond acceptors (Lipinski definition) is 2. The third kappa shape index (κ3) is 1.74. The number of aromatic nitrogens is 1. The summed E-state index contributed by atoms with van der Waals surface area (Å²) in [6.45, 7) is 2.94. The van der Waals surface area contributed by atoms with Crippen molar-refractivity contribution in [2.45, 2.75) is 19.9 Å². The molecule has 3 aromatic rings. The maximum atomic E-state index is 11.9. The van der Waals surface area contributed by atoms with Crippen molar-refractivity contribution >= 4 is 33.4 Å². The van der Waals surface area contributed by atoms with E-state index in [1.165, 1.54) is 13.8 Å². The van der Waals surface area contributed by atoms with Gasteiger partial charge in [-0.05, 0) is 26.0 Å². The molecule has 0 aliphatic rings. The van der Waals surface area contributed by atoms with Crippen LogP contribution >= 0.6 is 0 Å². The maximum absolute atomic E-state index is 11.9. The summed E-state index contributed by atoms with van der Waals surface area (Å²) in [4.78, 5) is 23.9. The first-order chi connectivity index (χ1) is 9.61. The van der Waals surface area contributed by atoms with Gasteiger partial charge in [-0.3, -0.25) is 9.59 Å². The molecule has 0 bridgehead atoms. The van der Waals surface area contributed by atoms with Gasteiger partial charge in [0, 0.05) is 10.8 Å². The minimum Gasteiger partial charge on any atom is -0.323 e. The van der Waals surface area contributed by atoms with Gasteiger partial charge in [-0.2, -0.15) is 0 Å². The van der Waals surface area contributed by atoms with Gasteiger partial charge in [0.15, 0.2) is 17.6 Å². The highest BCUT2D eigenvalue weighted by molar-refractivity contribution is 6.12. The molecule has 1 aromatic heterocycles. The monoisotopic (exact) mass is 265 g/mol. The lowest BCUT2D eigenvalue weighted by atomic mass is 10.1. The zero-order valence-corrected chi connectivity index (χ0v) is 11.5. The third-order valence-corrected chi connectivity index (χ3v) is 3.65. The molecular weight excluding hydrogens is 250 g/mol. The van der Waals surface area contributed by atoms with Gasteiger partial charge in [-0.15, -0.1) is 0 Å². The molecular formula is C17H15NO2. The van der Waals surface area contributed by atoms with Gasteiger partial charge in [0.25, 0.3) is 0 Å². The minimum absolute atomic E-state index is 0.135. The van der Waals surface area contributed by atoms with Gasteiger partial charge in [0.05, 0.1) is 11.0 Å². The van der Waals surface area contributed by atoms with Crippen LogP contribution in [-0.2, 0) is 9.59 Å². The summed E-state index contributed by atoms with van der Waals surface area (Å²) in [6, 6.07) is 15.0. The van der Waals surface area contributed by atoms with Crippen LogP contribution in [0.4, 0.5) is 0 Å². The number of nitrogens with zero attached hydrogens (tertiary/aromatic N) is 1. The van der Waals surface area contributed by atoms with Crippen LogP contribution in [0.25, 0.3) is 21.8 Å². The summed E-state index contributed by atoms with van der Waals surface area (Å²) < 4.78 is 1.86. The van der Waals surface area contributed by atoms with E-state index in [1.807, 2.05) is 53.1 Å². The van der Waals surface area contributed by atoms with E-state index in [0.717, 1.165) is 21.8 Å². The average Bonchev–Trinajstić information content (AvgIpc) is 2.74. The second-order valence-corrected chi connectivity index (χ2v) is 5.03. The van der Waals surface area contributed by atoms with Gasteiger partial charge in [0.1, 0.15) is 0 Å². The summed E-state index contributed by atoms with van der Waals surface area (Å²) in [5.41, 5.74) is 1.84. The standard InChI is InChI=1S/C17H15NO2/c1-11(19)17(12(2)20)18-15-9-5-3-7-13(15)14-8-4-6-10-16(14)18/h3-10,17H,1-2H3. The molecule has 20 heavy (non-hydrogen) atoms. The van der Waals surface area contributed by atoms with Crippen LogP contribution in [0.15, 0.2) is 48.5 Å². The Balaban J connectivity index is 2.48. The van der Waals surface area contributed by atoms with Crippen molar-refractivity contribution in [1.29, 1.82) is 0 Å². The molecule has 3 heteroatoms. The number of fused-ring (bicyclic) bond motifs is 3. The van der Waals surface area contributed by atoms with Gasteiger partial charge in [0.2, 0.25) is 0 Å². The molecule has 0 amide bonds. The molecule has 1 heterocycles. The molecule has 0 aliphatic heterocycles. The Bertz CT molecular complexity index is 762. The van der Waals surface area contributed by atoms with Gasteiger partial charge in [-0.25, -0.2) is 0 Å². The number of Topliss-reactive ketones (excluding diaryl/α,β-unsaturated/α-hetero) is 2. The fourth-order valence-electron chi connectivity index (χ4n) is 2.88. The molecule has 2 aromatic carbocycles. The summed E-state index contributed by atoms with van der Waals surface area (Å²) in [6.07, 6.45) is 0. The third-order valence-electron chi connectivity index (χ3n) is 3.65. The van der Waals surface area contributed by atoms with E-state index in [4.69, 9.17) is 0 Å². The summed E-state index contributed by atoms with van der Waals surface area (Å²) >= 11 is 0. The van der Waals surface area contributed by atoms with E-state index in [9.17, 15) is 9.59 Å². The number of rotatable bonds is 3. The first kappa shape index (κ1) is 12.6. The van der Waals surface area contributed by atoms with Crippen molar-refractivity contribution in [1.82, 2.24) is 4.57 Å². The van der Waals surface area contributed by atoms with Gasteiger partial charge in [-0.1, -0.05) is 36.4 Å². The Morgan fingerprint density at radius 2 is 1.20 bits per heavy atom. The molecule has 3 rings (SSSR count). The molecule has 100 valence electrons. The van der Waals surface area contributed by atoms with Crippen LogP contribution in [0.3, 0.4) is 0 Å². The lowest BCUT2D eigenvalue weighted by Gasteiger charge is -2.15. The second kappa shape index (κ2) is 4.60. The van der Waals surface area contributed by atoms with E-state index < -0.39 is 6.04 Å². The first-order valence-corrected chi connectivity index (χ1v) is 6.60. The van der Waals surface area contributed by atoms with Crippen molar-refractivity contribution in [3.63, 3.8) is 0 Å². The normalized spacial score (nSPS) is 11.3. The number of benzene rings is 2. The molecule has 0 aliphatic carbocycles. The Hall–Kier alpha value is -2.42. The summed E-state index contributed by atoms with van der Waals surface area (Å²) in [5, 5.41) is 2.13. The van der Waals surface area contributed by atoms with Crippen LogP contribution in [0.1, 0.15) is 19.9 Å². The average molecular weight is 265 g/mol. The van der Waals surface area contributed by atoms with Crippen LogP contribution in [-0.4, -0.2) is 16.1 Å². The Labute approximate surface area is 116 Å². The Kier molecular flexibility index (Phi) is 2.90. The summed E-state index contributed by atoms with van der Waals surface area (Å²) in [7, 11) is 0. The highest BCUT2D eigenvalue weighted by Gasteiger charge is 2.25. The van der Waals surface area contributed by atoms with Crippen molar-refractivity contribution in [2.75, 3.05) is 0 Å². The Morgan fingerprint density at radius 3 is 1.60 bits per heavy atom. The SMILES string of the molecule is CC(=O)C(C(C)=O)n1c2ccccc2c2ccccc21. The largest absolute Gasteiger partial charge is 0.323 e. The van der Waals surface area contributed by atoms with Crippen molar-refractivity contribution < 1.29 is 9.59 Å².